The average molecular weight is 310 g/mol. The first kappa shape index (κ1) is 16.8. The second-order valence-corrected chi connectivity index (χ2v) is 7.04. The first-order chi connectivity index (χ1) is 10.2. The molecule has 0 aromatic heterocycles. The van der Waals surface area contributed by atoms with Gasteiger partial charge < -0.3 is 20.4 Å². The smallest absolute Gasteiger partial charge is 0.407 e. The van der Waals surface area contributed by atoms with E-state index in [0.29, 0.717) is 13.0 Å². The van der Waals surface area contributed by atoms with Gasteiger partial charge in [-0.2, -0.15) is 5.06 Å². The lowest BCUT2D eigenvalue weighted by Gasteiger charge is -2.26. The highest BCUT2D eigenvalue weighted by molar-refractivity contribution is 5.68. The molecule has 1 aliphatic heterocycles. The average Bonchev–Trinajstić information content (AvgIpc) is 2.64. The summed E-state index contributed by atoms with van der Waals surface area (Å²) in [7, 11) is 0. The van der Waals surface area contributed by atoms with E-state index in [1.807, 2.05) is 27.7 Å². The highest BCUT2D eigenvalue weighted by atomic mass is 16.6. The number of ether oxygens (including phenoxy) is 1. The highest BCUT2D eigenvalue weighted by Crippen LogP contribution is 2.36. The molecule has 6 heteroatoms. The Balaban J connectivity index is 1.96. The van der Waals surface area contributed by atoms with Gasteiger partial charge in [0.05, 0.1) is 6.04 Å². The van der Waals surface area contributed by atoms with E-state index in [1.54, 1.807) is 6.08 Å². The van der Waals surface area contributed by atoms with Crippen LogP contribution in [0.25, 0.3) is 0 Å². The van der Waals surface area contributed by atoms with Gasteiger partial charge in [-0.25, -0.2) is 4.79 Å². The van der Waals surface area contributed by atoms with Crippen LogP contribution in [0.3, 0.4) is 0 Å². The fraction of sp³-hybridized carbons (Fsp3) is 0.688. The van der Waals surface area contributed by atoms with Crippen LogP contribution >= 0.6 is 0 Å². The quantitative estimate of drug-likeness (QED) is 0.746. The van der Waals surface area contributed by atoms with Gasteiger partial charge in [0.2, 0.25) is 0 Å². The van der Waals surface area contributed by atoms with Crippen molar-refractivity contribution >= 4 is 6.09 Å². The number of aliphatic hydroxyl groups is 1. The maximum atomic E-state index is 11.8. The second kappa shape index (κ2) is 6.30. The van der Waals surface area contributed by atoms with Gasteiger partial charge in [0.25, 0.3) is 0 Å². The molecule has 3 N–H and O–H groups in total. The summed E-state index contributed by atoms with van der Waals surface area (Å²) in [5, 5.41) is 24.2. The predicted molar refractivity (Wildman–Crippen MR) is 82.7 cm³/mol. The van der Waals surface area contributed by atoms with Gasteiger partial charge in [-0.3, -0.25) is 0 Å². The van der Waals surface area contributed by atoms with E-state index in [2.05, 4.69) is 5.32 Å². The van der Waals surface area contributed by atoms with Crippen molar-refractivity contribution in [3.8, 4) is 0 Å². The second-order valence-electron chi connectivity index (χ2n) is 7.04. The van der Waals surface area contributed by atoms with Crippen LogP contribution < -0.4 is 5.32 Å². The molecule has 0 saturated heterocycles. The minimum absolute atomic E-state index is 0.184. The number of nitrogens with zero attached hydrogens (tertiary/aromatic N) is 1. The normalized spacial score (nSPS) is 23.9. The van der Waals surface area contributed by atoms with Crippen molar-refractivity contribution in [1.82, 2.24) is 10.4 Å². The van der Waals surface area contributed by atoms with Gasteiger partial charge in [-0.15, -0.1) is 0 Å². The zero-order valence-corrected chi connectivity index (χ0v) is 13.7. The number of alkyl carbamates (subject to hydrolysis) is 1. The Kier molecular flexibility index (Phi) is 4.82. The number of hydrogen-bond donors (Lipinski definition) is 3. The Hall–Kier alpha value is -1.53. The Morgan fingerprint density at radius 3 is 2.86 bits per heavy atom. The fourth-order valence-corrected chi connectivity index (χ4v) is 2.98. The molecule has 0 unspecified atom stereocenters. The van der Waals surface area contributed by atoms with Crippen LogP contribution in [-0.4, -0.2) is 45.7 Å². The van der Waals surface area contributed by atoms with Gasteiger partial charge in [0.1, 0.15) is 11.4 Å². The van der Waals surface area contributed by atoms with Crippen molar-refractivity contribution in [2.24, 2.45) is 0 Å². The van der Waals surface area contributed by atoms with Gasteiger partial charge in [-0.1, -0.05) is 0 Å². The third kappa shape index (κ3) is 4.01. The molecule has 6 nitrogen and oxygen atoms in total. The SMILES string of the molecule is C[C@@H](C[C@H]1C2=C(CCC=C2O)CN1O)NC(=O)OC(C)(C)C. The van der Waals surface area contributed by atoms with Crippen molar-refractivity contribution < 1.29 is 19.8 Å². The van der Waals surface area contributed by atoms with E-state index in [4.69, 9.17) is 4.74 Å². The largest absolute Gasteiger partial charge is 0.508 e. The Morgan fingerprint density at radius 2 is 2.23 bits per heavy atom. The molecule has 0 saturated carbocycles. The lowest BCUT2D eigenvalue weighted by molar-refractivity contribution is -0.102. The van der Waals surface area contributed by atoms with Crippen molar-refractivity contribution in [3.05, 3.63) is 23.0 Å². The lowest BCUT2D eigenvalue weighted by atomic mass is 9.92. The third-order valence-electron chi connectivity index (χ3n) is 3.83. The Labute approximate surface area is 131 Å². The highest BCUT2D eigenvalue weighted by Gasteiger charge is 2.36. The molecule has 1 heterocycles. The van der Waals surface area contributed by atoms with Gasteiger partial charge in [0, 0.05) is 18.2 Å². The standard InChI is InChI=1S/C16H26N2O4/c1-10(17-15(20)22-16(2,3)4)8-12-14-11(9-18(12)21)6-5-7-13(14)19/h7,10,12,19,21H,5-6,8-9H2,1-4H3,(H,17,20)/t10-,12-/m0/s1. The van der Waals surface area contributed by atoms with Crippen molar-refractivity contribution in [2.45, 2.75) is 64.6 Å². The van der Waals surface area contributed by atoms with Crippen LogP contribution in [0.1, 0.15) is 47.0 Å². The van der Waals surface area contributed by atoms with Gasteiger partial charge in [0.15, 0.2) is 0 Å². The number of rotatable bonds is 3. The summed E-state index contributed by atoms with van der Waals surface area (Å²) < 4.78 is 5.23. The molecule has 0 radical (unpaired) electrons. The molecule has 2 atom stereocenters. The summed E-state index contributed by atoms with van der Waals surface area (Å²) in [6, 6.07) is -0.479. The maximum absolute atomic E-state index is 11.8. The molecule has 0 fully saturated rings. The molecule has 0 spiro atoms. The molecule has 124 valence electrons. The van der Waals surface area contributed by atoms with E-state index >= 15 is 0 Å². The monoisotopic (exact) mass is 310 g/mol. The molecule has 0 aromatic carbocycles. The topological polar surface area (TPSA) is 82.0 Å². The predicted octanol–water partition coefficient (Wildman–Crippen LogP) is 2.90. The van der Waals surface area contributed by atoms with E-state index in [1.165, 1.54) is 5.06 Å². The summed E-state index contributed by atoms with van der Waals surface area (Å²) in [4.78, 5) is 11.8. The summed E-state index contributed by atoms with van der Waals surface area (Å²) >= 11 is 0. The van der Waals surface area contributed by atoms with E-state index in [0.717, 1.165) is 24.0 Å². The van der Waals surface area contributed by atoms with Crippen molar-refractivity contribution in [2.75, 3.05) is 6.54 Å². The molecule has 1 amide bonds. The molecule has 1 aliphatic carbocycles. The molecular formula is C16H26N2O4. The minimum Gasteiger partial charge on any atom is -0.508 e. The number of aliphatic hydroxyl groups excluding tert-OH is 1. The van der Waals surface area contributed by atoms with Crippen LogP contribution in [0.4, 0.5) is 4.79 Å². The number of carbonyl (C=O) groups excluding carboxylic acids is 1. The van der Waals surface area contributed by atoms with Gasteiger partial charge >= 0.3 is 6.09 Å². The van der Waals surface area contributed by atoms with Crippen molar-refractivity contribution in [1.29, 1.82) is 0 Å². The molecule has 0 aromatic rings. The van der Waals surface area contributed by atoms with Crippen LogP contribution in [0.5, 0.6) is 0 Å². The third-order valence-corrected chi connectivity index (χ3v) is 3.83. The molecule has 2 aliphatic rings. The van der Waals surface area contributed by atoms with E-state index < -0.39 is 11.7 Å². The summed E-state index contributed by atoms with van der Waals surface area (Å²) in [5.41, 5.74) is 1.35. The zero-order valence-electron chi connectivity index (χ0n) is 13.7. The Bertz CT molecular complexity index is 505. The van der Waals surface area contributed by atoms with Crippen LogP contribution in [0, 0.1) is 0 Å². The Morgan fingerprint density at radius 1 is 1.55 bits per heavy atom. The first-order valence-electron chi connectivity index (χ1n) is 7.74. The van der Waals surface area contributed by atoms with E-state index in [9.17, 15) is 15.1 Å². The molecule has 22 heavy (non-hydrogen) atoms. The zero-order chi connectivity index (χ0) is 16.5. The maximum Gasteiger partial charge on any atom is 0.407 e. The van der Waals surface area contributed by atoms with E-state index in [-0.39, 0.29) is 17.8 Å². The van der Waals surface area contributed by atoms with Crippen LogP contribution in [-0.2, 0) is 4.74 Å². The van der Waals surface area contributed by atoms with Gasteiger partial charge in [-0.05, 0) is 58.6 Å². The molecule has 2 rings (SSSR count). The summed E-state index contributed by atoms with van der Waals surface area (Å²) in [6.07, 6.45) is 3.49. The number of hydrogen-bond acceptors (Lipinski definition) is 5. The fourth-order valence-electron chi connectivity index (χ4n) is 2.98. The molecular weight excluding hydrogens is 284 g/mol. The number of amides is 1. The number of allylic oxidation sites excluding steroid dienone is 1. The first-order valence-corrected chi connectivity index (χ1v) is 7.74. The summed E-state index contributed by atoms with van der Waals surface area (Å²) in [6.45, 7) is 7.75. The number of carbonyl (C=O) groups is 1. The summed E-state index contributed by atoms with van der Waals surface area (Å²) in [5.74, 6) is 0.257. The minimum atomic E-state index is -0.541. The number of hydroxylamine groups is 2. The van der Waals surface area contributed by atoms with Crippen molar-refractivity contribution in [3.63, 3.8) is 0 Å². The number of nitrogens with one attached hydrogen (secondary N) is 1. The molecule has 0 bridgehead atoms. The lowest BCUT2D eigenvalue weighted by Crippen LogP contribution is -2.41. The van der Waals surface area contributed by atoms with Crippen LogP contribution in [0.2, 0.25) is 0 Å². The van der Waals surface area contributed by atoms with Crippen LogP contribution in [0.15, 0.2) is 23.0 Å².